The Hall–Kier alpha value is -3.39. The summed E-state index contributed by atoms with van der Waals surface area (Å²) in [5.74, 6) is -0.507. The molecule has 2 aromatic rings. The van der Waals surface area contributed by atoms with Gasteiger partial charge in [0.2, 0.25) is 11.8 Å². The Morgan fingerprint density at radius 2 is 1.77 bits per heavy atom. The van der Waals surface area contributed by atoms with Crippen molar-refractivity contribution in [3.63, 3.8) is 0 Å². The van der Waals surface area contributed by atoms with E-state index in [0.29, 0.717) is 42.2 Å². The van der Waals surface area contributed by atoms with Crippen molar-refractivity contribution in [3.05, 3.63) is 53.6 Å². The molecule has 166 valence electrons. The van der Waals surface area contributed by atoms with E-state index in [1.807, 2.05) is 13.0 Å². The van der Waals surface area contributed by atoms with E-state index in [2.05, 4.69) is 21.3 Å². The highest BCUT2D eigenvalue weighted by Crippen LogP contribution is 2.20. The molecule has 8 heteroatoms. The number of anilines is 3. The Labute approximate surface area is 182 Å². The molecule has 0 radical (unpaired) electrons. The standard InChI is InChI=1S/C23H30N4O4/c1-4-21(28)27-20-14-19(10-9-16(20)2)26-22(29)15-25-18-8-5-7-17(13-18)23(30)24-11-6-12-31-3/h5,7-10,13-14,25H,4,6,11-12,15H2,1-3H3,(H,24,30)(H,26,29)(H,27,28). The molecule has 0 saturated heterocycles. The van der Waals surface area contributed by atoms with Crippen LogP contribution in [0.15, 0.2) is 42.5 Å². The zero-order valence-electron chi connectivity index (χ0n) is 18.2. The van der Waals surface area contributed by atoms with Crippen LogP contribution in [0.2, 0.25) is 0 Å². The lowest BCUT2D eigenvalue weighted by Crippen LogP contribution is -2.25. The number of carbonyl (C=O) groups is 3. The summed E-state index contributed by atoms with van der Waals surface area (Å²) in [6.45, 7) is 4.82. The third kappa shape index (κ3) is 8.10. The van der Waals surface area contributed by atoms with E-state index in [1.54, 1.807) is 50.4 Å². The summed E-state index contributed by atoms with van der Waals surface area (Å²) in [5.41, 5.74) is 3.35. The minimum Gasteiger partial charge on any atom is -0.385 e. The summed E-state index contributed by atoms with van der Waals surface area (Å²) < 4.78 is 4.96. The molecule has 0 aliphatic heterocycles. The predicted octanol–water partition coefficient (Wildman–Crippen LogP) is 3.16. The molecule has 0 fully saturated rings. The van der Waals surface area contributed by atoms with Gasteiger partial charge in [-0.15, -0.1) is 0 Å². The Kier molecular flexibility index (Phi) is 9.51. The van der Waals surface area contributed by atoms with Crippen molar-refractivity contribution in [2.45, 2.75) is 26.7 Å². The zero-order chi connectivity index (χ0) is 22.6. The molecule has 0 heterocycles. The largest absolute Gasteiger partial charge is 0.385 e. The Balaban J connectivity index is 1.89. The maximum absolute atomic E-state index is 12.3. The zero-order valence-corrected chi connectivity index (χ0v) is 18.2. The molecule has 0 aliphatic rings. The summed E-state index contributed by atoms with van der Waals surface area (Å²) in [7, 11) is 1.62. The monoisotopic (exact) mass is 426 g/mol. The summed E-state index contributed by atoms with van der Waals surface area (Å²) in [5, 5.41) is 11.5. The van der Waals surface area contributed by atoms with Crippen LogP contribution in [0.3, 0.4) is 0 Å². The Bertz CT molecular complexity index is 914. The molecule has 0 aromatic heterocycles. The van der Waals surface area contributed by atoms with Gasteiger partial charge in [-0.3, -0.25) is 14.4 Å². The molecular weight excluding hydrogens is 396 g/mol. The summed E-state index contributed by atoms with van der Waals surface area (Å²) in [6, 6.07) is 12.3. The van der Waals surface area contributed by atoms with Gasteiger partial charge in [-0.2, -0.15) is 0 Å². The fourth-order valence-corrected chi connectivity index (χ4v) is 2.75. The van der Waals surface area contributed by atoms with Gasteiger partial charge in [0.1, 0.15) is 0 Å². The molecule has 0 bridgehead atoms. The SMILES string of the molecule is CCC(=O)Nc1cc(NC(=O)CNc2cccc(C(=O)NCCCOC)c2)ccc1C. The molecule has 4 N–H and O–H groups in total. The Morgan fingerprint density at radius 1 is 0.968 bits per heavy atom. The molecule has 8 nitrogen and oxygen atoms in total. The molecule has 0 unspecified atom stereocenters. The highest BCUT2D eigenvalue weighted by molar-refractivity contribution is 5.97. The third-order valence-corrected chi connectivity index (χ3v) is 4.51. The van der Waals surface area contributed by atoms with E-state index in [9.17, 15) is 14.4 Å². The van der Waals surface area contributed by atoms with Crippen LogP contribution in [0.25, 0.3) is 0 Å². The second-order valence-corrected chi connectivity index (χ2v) is 7.02. The second-order valence-electron chi connectivity index (χ2n) is 7.02. The second kappa shape index (κ2) is 12.3. The van der Waals surface area contributed by atoms with Crippen molar-refractivity contribution in [3.8, 4) is 0 Å². The van der Waals surface area contributed by atoms with Crippen LogP contribution in [0.1, 0.15) is 35.7 Å². The average Bonchev–Trinajstić information content (AvgIpc) is 2.77. The van der Waals surface area contributed by atoms with E-state index in [-0.39, 0.29) is 24.3 Å². The number of hydrogen-bond acceptors (Lipinski definition) is 5. The molecule has 0 saturated carbocycles. The summed E-state index contributed by atoms with van der Waals surface area (Å²) in [6.07, 6.45) is 1.12. The van der Waals surface area contributed by atoms with E-state index >= 15 is 0 Å². The van der Waals surface area contributed by atoms with Crippen LogP contribution in [-0.2, 0) is 14.3 Å². The number of benzene rings is 2. The van der Waals surface area contributed by atoms with Crippen LogP contribution in [-0.4, -0.2) is 44.5 Å². The van der Waals surface area contributed by atoms with Gasteiger partial charge in [-0.1, -0.05) is 19.1 Å². The number of aryl methyl sites for hydroxylation is 1. The van der Waals surface area contributed by atoms with Crippen LogP contribution in [0, 0.1) is 6.92 Å². The summed E-state index contributed by atoms with van der Waals surface area (Å²) >= 11 is 0. The smallest absolute Gasteiger partial charge is 0.251 e. The minimum atomic E-state index is -0.244. The van der Waals surface area contributed by atoms with Gasteiger partial charge in [-0.25, -0.2) is 0 Å². The topological polar surface area (TPSA) is 109 Å². The van der Waals surface area contributed by atoms with Gasteiger partial charge < -0.3 is 26.0 Å². The van der Waals surface area contributed by atoms with Crippen molar-refractivity contribution >= 4 is 34.8 Å². The maximum atomic E-state index is 12.3. The lowest BCUT2D eigenvalue weighted by Gasteiger charge is -2.12. The van der Waals surface area contributed by atoms with Crippen molar-refractivity contribution in [2.75, 3.05) is 42.8 Å². The first kappa shape index (κ1) is 23.9. The van der Waals surface area contributed by atoms with Gasteiger partial charge in [0.05, 0.1) is 6.54 Å². The van der Waals surface area contributed by atoms with Crippen molar-refractivity contribution in [2.24, 2.45) is 0 Å². The molecule has 0 spiro atoms. The highest BCUT2D eigenvalue weighted by Gasteiger charge is 2.09. The molecule has 0 atom stereocenters. The van der Waals surface area contributed by atoms with Gasteiger partial charge in [0, 0.05) is 49.3 Å². The van der Waals surface area contributed by atoms with Gasteiger partial charge in [0.15, 0.2) is 0 Å². The Morgan fingerprint density at radius 3 is 2.52 bits per heavy atom. The fourth-order valence-electron chi connectivity index (χ4n) is 2.75. The lowest BCUT2D eigenvalue weighted by atomic mass is 10.1. The molecule has 2 aromatic carbocycles. The van der Waals surface area contributed by atoms with Crippen molar-refractivity contribution in [1.29, 1.82) is 0 Å². The number of carbonyl (C=O) groups excluding carboxylic acids is 3. The first-order chi connectivity index (χ1) is 14.9. The third-order valence-electron chi connectivity index (χ3n) is 4.51. The van der Waals surface area contributed by atoms with E-state index in [0.717, 1.165) is 12.0 Å². The van der Waals surface area contributed by atoms with Crippen molar-refractivity contribution < 1.29 is 19.1 Å². The predicted molar refractivity (Wildman–Crippen MR) is 122 cm³/mol. The van der Waals surface area contributed by atoms with Gasteiger partial charge >= 0.3 is 0 Å². The molecule has 0 aliphatic carbocycles. The van der Waals surface area contributed by atoms with E-state index < -0.39 is 0 Å². The quantitative estimate of drug-likeness (QED) is 0.413. The van der Waals surface area contributed by atoms with Gasteiger partial charge in [-0.05, 0) is 49.2 Å². The number of ether oxygens (including phenoxy) is 1. The van der Waals surface area contributed by atoms with E-state index in [1.165, 1.54) is 0 Å². The van der Waals surface area contributed by atoms with Crippen LogP contribution in [0.5, 0.6) is 0 Å². The fraction of sp³-hybridized carbons (Fsp3) is 0.348. The first-order valence-corrected chi connectivity index (χ1v) is 10.2. The lowest BCUT2D eigenvalue weighted by molar-refractivity contribution is -0.116. The molecular formula is C23H30N4O4. The van der Waals surface area contributed by atoms with E-state index in [4.69, 9.17) is 4.74 Å². The number of rotatable bonds is 11. The van der Waals surface area contributed by atoms with Gasteiger partial charge in [0.25, 0.3) is 5.91 Å². The highest BCUT2D eigenvalue weighted by atomic mass is 16.5. The van der Waals surface area contributed by atoms with Crippen molar-refractivity contribution in [1.82, 2.24) is 5.32 Å². The number of nitrogens with one attached hydrogen (secondary N) is 4. The first-order valence-electron chi connectivity index (χ1n) is 10.2. The number of hydrogen-bond donors (Lipinski definition) is 4. The van der Waals surface area contributed by atoms with Crippen LogP contribution >= 0.6 is 0 Å². The molecule has 31 heavy (non-hydrogen) atoms. The van der Waals surface area contributed by atoms with Crippen LogP contribution in [0.4, 0.5) is 17.1 Å². The van der Waals surface area contributed by atoms with Crippen LogP contribution < -0.4 is 21.3 Å². The summed E-state index contributed by atoms with van der Waals surface area (Å²) in [4.78, 5) is 36.2. The molecule has 2 rings (SSSR count). The minimum absolute atomic E-state index is 0.0312. The molecule has 3 amide bonds. The number of methoxy groups -OCH3 is 1. The maximum Gasteiger partial charge on any atom is 0.251 e. The number of amides is 3. The normalized spacial score (nSPS) is 10.3. The average molecular weight is 427 g/mol.